The van der Waals surface area contributed by atoms with Gasteiger partial charge in [-0.3, -0.25) is 35.3 Å². The summed E-state index contributed by atoms with van der Waals surface area (Å²) in [7, 11) is 0. The molecule has 9 nitrogen and oxygen atoms in total. The molecule has 0 heterocycles. The third-order valence-corrected chi connectivity index (χ3v) is 4.90. The Morgan fingerprint density at radius 2 is 1.68 bits per heavy atom. The zero-order valence-electron chi connectivity index (χ0n) is 17.3. The molecule has 0 aliphatic carbocycles. The number of hydrazine groups is 1. The highest BCUT2D eigenvalue weighted by atomic mass is 35.5. The molecule has 2 aromatic carbocycles. The molecule has 0 aromatic heterocycles. The minimum Gasteiger partial charge on any atom is -0.326 e. The van der Waals surface area contributed by atoms with E-state index in [9.17, 15) is 24.5 Å². The van der Waals surface area contributed by atoms with Crippen LogP contribution in [-0.4, -0.2) is 22.6 Å². The van der Waals surface area contributed by atoms with Crippen molar-refractivity contribution in [1.82, 2.24) is 10.9 Å². The van der Waals surface area contributed by atoms with Crippen LogP contribution in [-0.2, 0) is 9.59 Å². The molecule has 0 unspecified atom stereocenters. The van der Waals surface area contributed by atoms with Crippen LogP contribution < -0.4 is 16.2 Å². The maximum Gasteiger partial charge on any atom is 0.272 e. The topological polar surface area (TPSA) is 130 Å². The molecule has 0 spiro atoms. The number of carbonyl (C=O) groups excluding carboxylic acids is 3. The Labute approximate surface area is 184 Å². The maximum absolute atomic E-state index is 12.2. The Morgan fingerprint density at radius 3 is 2.29 bits per heavy atom. The Morgan fingerprint density at radius 1 is 1.00 bits per heavy atom. The first-order chi connectivity index (χ1) is 14.6. The SMILES string of the molecule is Cc1ccc(NC(=O)C[C@H](C)CC(=O)NNC(=O)c2ccc([N+](=O)[O-])c(C)c2)cc1Cl. The number of nitro benzene ring substituents is 1. The molecule has 0 fully saturated rings. The lowest BCUT2D eigenvalue weighted by molar-refractivity contribution is -0.385. The predicted molar refractivity (Wildman–Crippen MR) is 117 cm³/mol. The molecule has 164 valence electrons. The van der Waals surface area contributed by atoms with Gasteiger partial charge in [0.15, 0.2) is 0 Å². The van der Waals surface area contributed by atoms with Crippen LogP contribution in [0.25, 0.3) is 0 Å². The van der Waals surface area contributed by atoms with E-state index in [0.29, 0.717) is 16.3 Å². The zero-order chi connectivity index (χ0) is 23.1. The van der Waals surface area contributed by atoms with Gasteiger partial charge in [-0.25, -0.2) is 0 Å². The highest BCUT2D eigenvalue weighted by Gasteiger charge is 2.16. The highest BCUT2D eigenvalue weighted by molar-refractivity contribution is 6.31. The molecule has 0 saturated carbocycles. The fourth-order valence-electron chi connectivity index (χ4n) is 2.84. The number of amides is 3. The van der Waals surface area contributed by atoms with Gasteiger partial charge in [-0.15, -0.1) is 0 Å². The summed E-state index contributed by atoms with van der Waals surface area (Å²) >= 11 is 6.04. The number of halogens is 1. The van der Waals surface area contributed by atoms with Crippen LogP contribution >= 0.6 is 11.6 Å². The number of anilines is 1. The third-order valence-electron chi connectivity index (χ3n) is 4.49. The van der Waals surface area contributed by atoms with Crippen molar-refractivity contribution in [1.29, 1.82) is 0 Å². The van der Waals surface area contributed by atoms with Crippen molar-refractivity contribution in [2.45, 2.75) is 33.6 Å². The van der Waals surface area contributed by atoms with E-state index in [1.807, 2.05) is 6.92 Å². The first-order valence-electron chi connectivity index (χ1n) is 9.47. The Bertz CT molecular complexity index is 1020. The summed E-state index contributed by atoms with van der Waals surface area (Å²) in [6.07, 6.45) is 0.121. The second-order valence-electron chi connectivity index (χ2n) is 7.29. The maximum atomic E-state index is 12.2. The lowest BCUT2D eigenvalue weighted by atomic mass is 10.0. The fourth-order valence-corrected chi connectivity index (χ4v) is 3.02. The number of hydrogen-bond acceptors (Lipinski definition) is 5. The molecular weight excluding hydrogens is 424 g/mol. The highest BCUT2D eigenvalue weighted by Crippen LogP contribution is 2.21. The summed E-state index contributed by atoms with van der Waals surface area (Å²) in [5.74, 6) is -1.61. The number of aryl methyl sites for hydroxylation is 2. The van der Waals surface area contributed by atoms with E-state index in [4.69, 9.17) is 11.6 Å². The molecule has 3 N–H and O–H groups in total. The molecular formula is C21H23ClN4O5. The monoisotopic (exact) mass is 446 g/mol. The van der Waals surface area contributed by atoms with E-state index in [2.05, 4.69) is 16.2 Å². The molecule has 3 amide bonds. The van der Waals surface area contributed by atoms with Crippen LogP contribution in [0.4, 0.5) is 11.4 Å². The van der Waals surface area contributed by atoms with Crippen molar-refractivity contribution in [3.05, 3.63) is 68.2 Å². The molecule has 0 saturated heterocycles. The van der Waals surface area contributed by atoms with E-state index in [1.54, 1.807) is 25.1 Å². The van der Waals surface area contributed by atoms with Crippen molar-refractivity contribution in [3.63, 3.8) is 0 Å². The van der Waals surface area contributed by atoms with Crippen LogP contribution in [0.1, 0.15) is 41.3 Å². The fraction of sp³-hybridized carbons (Fsp3) is 0.286. The lowest BCUT2D eigenvalue weighted by Gasteiger charge is -2.13. The van der Waals surface area contributed by atoms with Crippen LogP contribution in [0.2, 0.25) is 5.02 Å². The van der Waals surface area contributed by atoms with E-state index >= 15 is 0 Å². The van der Waals surface area contributed by atoms with Crippen LogP contribution in [0.5, 0.6) is 0 Å². The number of hydrogen-bond donors (Lipinski definition) is 3. The summed E-state index contributed by atoms with van der Waals surface area (Å²) < 4.78 is 0. The molecule has 0 aliphatic rings. The van der Waals surface area contributed by atoms with Crippen molar-refractivity contribution >= 4 is 40.7 Å². The van der Waals surface area contributed by atoms with Crippen molar-refractivity contribution in [2.24, 2.45) is 5.92 Å². The van der Waals surface area contributed by atoms with Crippen molar-refractivity contribution < 1.29 is 19.3 Å². The van der Waals surface area contributed by atoms with Gasteiger partial charge >= 0.3 is 0 Å². The number of nitrogens with one attached hydrogen (secondary N) is 3. The van der Waals surface area contributed by atoms with Crippen molar-refractivity contribution in [3.8, 4) is 0 Å². The summed E-state index contributed by atoms with van der Waals surface area (Å²) in [4.78, 5) is 46.6. The normalized spacial score (nSPS) is 11.4. The molecule has 0 aliphatic heterocycles. The number of carbonyl (C=O) groups is 3. The lowest BCUT2D eigenvalue weighted by Crippen LogP contribution is -2.42. The average Bonchev–Trinajstić information content (AvgIpc) is 2.68. The number of nitro groups is 1. The molecule has 10 heteroatoms. The minimum absolute atomic E-state index is 0.0155. The van der Waals surface area contributed by atoms with Gasteiger partial charge in [-0.1, -0.05) is 24.6 Å². The smallest absolute Gasteiger partial charge is 0.272 e. The van der Waals surface area contributed by atoms with Gasteiger partial charge in [0.1, 0.15) is 0 Å². The third kappa shape index (κ3) is 7.07. The predicted octanol–water partition coefficient (Wildman–Crippen LogP) is 3.68. The summed E-state index contributed by atoms with van der Waals surface area (Å²) in [6, 6.07) is 9.09. The number of benzene rings is 2. The molecule has 1 atom stereocenters. The van der Waals surface area contributed by atoms with E-state index < -0.39 is 16.7 Å². The van der Waals surface area contributed by atoms with Gasteiger partial charge in [0.2, 0.25) is 11.8 Å². The summed E-state index contributed by atoms with van der Waals surface area (Å²) in [5.41, 5.74) is 6.42. The van der Waals surface area contributed by atoms with Gasteiger partial charge in [-0.2, -0.15) is 0 Å². The molecule has 31 heavy (non-hydrogen) atoms. The second kappa shape index (κ2) is 10.5. The summed E-state index contributed by atoms with van der Waals surface area (Å²) in [5, 5.41) is 14.1. The Kier molecular flexibility index (Phi) is 8.09. The Balaban J connectivity index is 1.80. The molecule has 2 rings (SSSR count). The quantitative estimate of drug-likeness (QED) is 0.441. The average molecular weight is 447 g/mol. The van der Waals surface area contributed by atoms with Crippen LogP contribution in [0.15, 0.2) is 36.4 Å². The largest absolute Gasteiger partial charge is 0.326 e. The molecule has 0 bridgehead atoms. The van der Waals surface area contributed by atoms with Gasteiger partial charge in [0.05, 0.1) is 4.92 Å². The minimum atomic E-state index is -0.604. The molecule has 2 aromatic rings. The van der Waals surface area contributed by atoms with Gasteiger partial charge in [0, 0.05) is 40.7 Å². The first kappa shape index (κ1) is 23.8. The standard InChI is InChI=1S/C21H23ClN4O5/c1-12(8-19(27)23-16-6-4-13(2)17(22)11-16)9-20(28)24-25-21(29)15-5-7-18(26(30)31)14(3)10-15/h4-7,10-12H,8-9H2,1-3H3,(H,23,27)(H,24,28)(H,25,29)/t12-/m0/s1. The van der Waals surface area contributed by atoms with Crippen LogP contribution in [0.3, 0.4) is 0 Å². The number of rotatable bonds is 7. The van der Waals surface area contributed by atoms with E-state index in [0.717, 1.165) is 5.56 Å². The second-order valence-corrected chi connectivity index (χ2v) is 7.69. The van der Waals surface area contributed by atoms with Gasteiger partial charge < -0.3 is 5.32 Å². The summed E-state index contributed by atoms with van der Waals surface area (Å²) in [6.45, 7) is 5.11. The molecule has 0 radical (unpaired) electrons. The van der Waals surface area contributed by atoms with Crippen molar-refractivity contribution in [2.75, 3.05) is 5.32 Å². The van der Waals surface area contributed by atoms with Crippen LogP contribution in [0, 0.1) is 29.9 Å². The van der Waals surface area contributed by atoms with E-state index in [1.165, 1.54) is 25.1 Å². The van der Waals surface area contributed by atoms with E-state index in [-0.39, 0.29) is 35.9 Å². The van der Waals surface area contributed by atoms with Gasteiger partial charge in [-0.05, 0) is 49.6 Å². The zero-order valence-corrected chi connectivity index (χ0v) is 18.1. The van der Waals surface area contributed by atoms with Gasteiger partial charge in [0.25, 0.3) is 11.6 Å². The Hall–Kier alpha value is -3.46. The first-order valence-corrected chi connectivity index (χ1v) is 9.85. The number of nitrogens with zero attached hydrogens (tertiary/aromatic N) is 1.